The summed E-state index contributed by atoms with van der Waals surface area (Å²) in [5.41, 5.74) is 11.6. The summed E-state index contributed by atoms with van der Waals surface area (Å²) in [6, 6.07) is 1.81. The Morgan fingerprint density at radius 3 is 2.75 bits per heavy atom. The van der Waals surface area contributed by atoms with E-state index in [4.69, 9.17) is 16.2 Å². The van der Waals surface area contributed by atoms with Crippen LogP contribution < -0.4 is 11.5 Å². The topological polar surface area (TPSA) is 115 Å². The Morgan fingerprint density at radius 2 is 2.17 bits per heavy atom. The zero-order valence-corrected chi connectivity index (χ0v) is 14.7. The number of nitrogens with zero attached hydrogens (tertiary/aromatic N) is 3. The lowest BCUT2D eigenvalue weighted by atomic mass is 9.91. The number of hydrogen-bond donors (Lipinski definition) is 3. The van der Waals surface area contributed by atoms with E-state index in [2.05, 4.69) is 27.1 Å². The van der Waals surface area contributed by atoms with Crippen molar-refractivity contribution in [2.24, 2.45) is 27.4 Å². The fraction of sp³-hybridized carbons (Fsp3) is 0.588. The van der Waals surface area contributed by atoms with Gasteiger partial charge in [-0.2, -0.15) is 5.10 Å². The Labute approximate surface area is 144 Å². The van der Waals surface area contributed by atoms with Gasteiger partial charge in [-0.1, -0.05) is 39.0 Å². The molecule has 1 saturated carbocycles. The highest BCUT2D eigenvalue weighted by Gasteiger charge is 2.06. The normalized spacial score (nSPS) is 16.5. The number of hydrogen-bond acceptors (Lipinski definition) is 4. The molecule has 0 radical (unpaired) electrons. The summed E-state index contributed by atoms with van der Waals surface area (Å²) < 4.78 is 4.95. The smallest absolute Gasteiger partial charge is 0.175 e. The van der Waals surface area contributed by atoms with E-state index in [-0.39, 0.29) is 0 Å². The van der Waals surface area contributed by atoms with Gasteiger partial charge >= 0.3 is 0 Å². The Balaban J connectivity index is 0.000000341. The van der Waals surface area contributed by atoms with Crippen molar-refractivity contribution < 1.29 is 4.74 Å². The molecule has 1 aromatic rings. The lowest BCUT2D eigenvalue weighted by Crippen LogP contribution is -2.06. The van der Waals surface area contributed by atoms with Crippen LogP contribution in [0, 0.1) is 5.92 Å². The number of H-pyrrole nitrogens is 1. The molecule has 0 amide bonds. The van der Waals surface area contributed by atoms with Crippen LogP contribution in [0.15, 0.2) is 28.3 Å². The fourth-order valence-corrected chi connectivity index (χ4v) is 2.39. The maximum absolute atomic E-state index is 5.63. The molecule has 0 atom stereocenters. The van der Waals surface area contributed by atoms with Crippen LogP contribution in [-0.2, 0) is 11.2 Å². The van der Waals surface area contributed by atoms with Gasteiger partial charge in [0.25, 0.3) is 0 Å². The number of aromatic amines is 1. The molecular weight excluding hydrogens is 304 g/mol. The van der Waals surface area contributed by atoms with Crippen molar-refractivity contribution in [3.8, 4) is 0 Å². The minimum Gasteiger partial charge on any atom is -0.390 e. The summed E-state index contributed by atoms with van der Waals surface area (Å²) in [6.45, 7) is 2.99. The molecule has 0 aliphatic heterocycles. The number of nitrogens with two attached hydrogens (primary N) is 2. The van der Waals surface area contributed by atoms with Gasteiger partial charge in [0.05, 0.1) is 12.9 Å². The molecule has 1 aliphatic rings. The van der Waals surface area contributed by atoms with Gasteiger partial charge in [-0.15, -0.1) is 0 Å². The van der Waals surface area contributed by atoms with Crippen LogP contribution in [0.5, 0.6) is 0 Å². The molecule has 1 fully saturated rings. The Bertz CT molecular complexity index is 529. The van der Waals surface area contributed by atoms with E-state index < -0.39 is 0 Å². The largest absolute Gasteiger partial charge is 0.390 e. The van der Waals surface area contributed by atoms with Gasteiger partial charge in [0.2, 0.25) is 0 Å². The fourth-order valence-electron chi connectivity index (χ4n) is 2.39. The summed E-state index contributed by atoms with van der Waals surface area (Å²) in [6.07, 6.45) is 12.4. The van der Waals surface area contributed by atoms with Crippen molar-refractivity contribution in [1.82, 2.24) is 10.2 Å². The minimum absolute atomic E-state index is 0.306. The number of amidine groups is 1. The van der Waals surface area contributed by atoms with E-state index in [1.165, 1.54) is 50.7 Å². The highest BCUT2D eigenvalue weighted by atomic mass is 16.5. The van der Waals surface area contributed by atoms with E-state index >= 15 is 0 Å². The van der Waals surface area contributed by atoms with Gasteiger partial charge in [0.1, 0.15) is 5.84 Å². The predicted molar refractivity (Wildman–Crippen MR) is 99.5 cm³/mol. The molecule has 0 unspecified atom stereocenters. The molecular formula is C17H30N6O. The highest BCUT2D eigenvalue weighted by Crippen LogP contribution is 2.22. The highest BCUT2D eigenvalue weighted by molar-refractivity contribution is 5.93. The van der Waals surface area contributed by atoms with Gasteiger partial charge in [0, 0.05) is 31.5 Å². The molecule has 7 nitrogen and oxygen atoms in total. The molecule has 1 aromatic heterocycles. The van der Waals surface area contributed by atoms with Crippen molar-refractivity contribution in [3.05, 3.63) is 24.0 Å². The molecule has 0 saturated heterocycles. The average Bonchev–Trinajstić information content (AvgIpc) is 3.02. The first kappa shape index (κ1) is 19.9. The lowest BCUT2D eigenvalue weighted by Gasteiger charge is -2.15. The first-order valence-electron chi connectivity index (χ1n) is 8.43. The van der Waals surface area contributed by atoms with Gasteiger partial charge < -0.3 is 16.2 Å². The van der Waals surface area contributed by atoms with Gasteiger partial charge in [-0.25, -0.2) is 9.98 Å². The van der Waals surface area contributed by atoms with Gasteiger partial charge in [0.15, 0.2) is 5.82 Å². The van der Waals surface area contributed by atoms with Crippen LogP contribution in [-0.4, -0.2) is 36.1 Å². The summed E-state index contributed by atoms with van der Waals surface area (Å²) >= 11 is 0. The SMILES string of the molecule is CC1CCCCC1.COCCc1cc(N=C(N)/C=C\N=CN)n[nH]1. The first-order valence-corrected chi connectivity index (χ1v) is 8.43. The van der Waals surface area contributed by atoms with Crippen LogP contribution in [0.4, 0.5) is 5.82 Å². The van der Waals surface area contributed by atoms with Gasteiger partial charge in [-0.3, -0.25) is 5.10 Å². The maximum Gasteiger partial charge on any atom is 0.175 e. The van der Waals surface area contributed by atoms with Crippen LogP contribution in [0.1, 0.15) is 44.7 Å². The van der Waals surface area contributed by atoms with E-state index in [1.807, 2.05) is 6.07 Å². The number of nitrogens with one attached hydrogen (secondary N) is 1. The Morgan fingerprint density at radius 1 is 1.42 bits per heavy atom. The number of aromatic nitrogens is 2. The van der Waals surface area contributed by atoms with Crippen LogP contribution in [0.3, 0.4) is 0 Å². The summed E-state index contributed by atoms with van der Waals surface area (Å²) in [4.78, 5) is 7.74. The second-order valence-corrected chi connectivity index (χ2v) is 5.89. The van der Waals surface area contributed by atoms with Crippen molar-refractivity contribution in [2.75, 3.05) is 13.7 Å². The van der Waals surface area contributed by atoms with Crippen LogP contribution in [0.2, 0.25) is 0 Å². The zero-order valence-electron chi connectivity index (χ0n) is 14.7. The van der Waals surface area contributed by atoms with E-state index in [0.717, 1.165) is 18.0 Å². The van der Waals surface area contributed by atoms with Crippen molar-refractivity contribution in [3.63, 3.8) is 0 Å². The number of aliphatic imine (C=N–C) groups is 2. The third kappa shape index (κ3) is 9.09. The number of rotatable bonds is 6. The van der Waals surface area contributed by atoms with Crippen LogP contribution >= 0.6 is 0 Å². The zero-order chi connectivity index (χ0) is 17.6. The maximum atomic E-state index is 5.63. The van der Waals surface area contributed by atoms with E-state index in [9.17, 15) is 0 Å². The van der Waals surface area contributed by atoms with Crippen LogP contribution in [0.25, 0.3) is 0 Å². The summed E-state index contributed by atoms with van der Waals surface area (Å²) in [7, 11) is 1.65. The molecule has 2 rings (SSSR count). The molecule has 0 bridgehead atoms. The average molecular weight is 334 g/mol. The Kier molecular flexibility index (Phi) is 10.2. The molecule has 1 heterocycles. The van der Waals surface area contributed by atoms with E-state index in [1.54, 1.807) is 7.11 Å². The minimum atomic E-state index is 0.306. The number of methoxy groups -OCH3 is 1. The second-order valence-electron chi connectivity index (χ2n) is 5.89. The molecule has 134 valence electrons. The van der Waals surface area contributed by atoms with Crippen molar-refractivity contribution in [1.29, 1.82) is 0 Å². The quantitative estimate of drug-likeness (QED) is 0.548. The molecule has 1 aliphatic carbocycles. The molecule has 0 aromatic carbocycles. The third-order valence-corrected chi connectivity index (χ3v) is 3.75. The lowest BCUT2D eigenvalue weighted by molar-refractivity contribution is 0.201. The molecule has 24 heavy (non-hydrogen) atoms. The molecule has 0 spiro atoms. The molecule has 5 N–H and O–H groups in total. The monoisotopic (exact) mass is 334 g/mol. The first-order chi connectivity index (χ1) is 11.7. The van der Waals surface area contributed by atoms with Gasteiger partial charge in [-0.05, 0) is 12.0 Å². The third-order valence-electron chi connectivity index (χ3n) is 3.75. The standard InChI is InChI=1S/C10H16N6O.C7H14/c1-17-5-3-8-6-10(16-15-8)14-9(12)2-4-13-7-11;1-7-5-3-2-4-6-7/h2,4,6-7H,3,5H2,1H3,(H2,11,13)(H3,12,14,15,16);7H,2-6H2,1H3/b4-2-;. The van der Waals surface area contributed by atoms with Crippen molar-refractivity contribution in [2.45, 2.75) is 45.4 Å². The van der Waals surface area contributed by atoms with E-state index in [0.29, 0.717) is 18.3 Å². The predicted octanol–water partition coefficient (Wildman–Crippen LogP) is 2.67. The summed E-state index contributed by atoms with van der Waals surface area (Å²) in [5, 5.41) is 6.84. The second kappa shape index (κ2) is 12.3. The number of ether oxygens (including phenoxy) is 1. The van der Waals surface area contributed by atoms with Crippen molar-refractivity contribution >= 4 is 18.0 Å². The molecule has 7 heteroatoms. The summed E-state index contributed by atoms with van der Waals surface area (Å²) in [5.74, 6) is 1.86. The Hall–Kier alpha value is -2.15.